The molecular weight excluding hydrogens is 358 g/mol. The molecule has 0 atom stereocenters. The van der Waals surface area contributed by atoms with Gasteiger partial charge in [0.05, 0.1) is 11.6 Å². The zero-order chi connectivity index (χ0) is 19.6. The van der Waals surface area contributed by atoms with E-state index in [0.29, 0.717) is 16.2 Å². The number of nitrogens with zero attached hydrogens (tertiary/aromatic N) is 2. The molecule has 5 heteroatoms. The quantitative estimate of drug-likeness (QED) is 0.658. The van der Waals surface area contributed by atoms with E-state index < -0.39 is 5.91 Å². The predicted octanol–water partition coefficient (Wildman–Crippen LogP) is 4.91. The Bertz CT molecular complexity index is 1070. The number of nitrogens with two attached hydrogens (primary N) is 1. The summed E-state index contributed by atoms with van der Waals surface area (Å²) in [7, 11) is 0. The highest BCUT2D eigenvalue weighted by Gasteiger charge is 2.11. The maximum atomic E-state index is 11.3. The van der Waals surface area contributed by atoms with E-state index in [1.54, 1.807) is 24.3 Å². The van der Waals surface area contributed by atoms with Crippen molar-refractivity contribution in [2.45, 2.75) is 13.8 Å². The zero-order valence-corrected chi connectivity index (χ0v) is 15.8. The third kappa shape index (κ3) is 3.79. The van der Waals surface area contributed by atoms with Crippen LogP contribution in [-0.2, 0) is 0 Å². The number of carbonyl (C=O) groups excluding carboxylic acids is 1. The molecular formula is C22H18ClN3O. The molecule has 3 aromatic rings. The Balaban J connectivity index is 2.03. The lowest BCUT2D eigenvalue weighted by Crippen LogP contribution is -2.10. The Morgan fingerprint density at radius 1 is 1.07 bits per heavy atom. The maximum absolute atomic E-state index is 11.3. The summed E-state index contributed by atoms with van der Waals surface area (Å²) in [4.78, 5) is 11.3. The van der Waals surface area contributed by atoms with Gasteiger partial charge < -0.3 is 10.3 Å². The van der Waals surface area contributed by atoms with Crippen LogP contribution in [0.15, 0.2) is 54.6 Å². The molecule has 0 aliphatic rings. The van der Waals surface area contributed by atoms with Crippen LogP contribution in [0.1, 0.15) is 32.9 Å². The van der Waals surface area contributed by atoms with Crippen molar-refractivity contribution >= 4 is 29.2 Å². The summed E-state index contributed by atoms with van der Waals surface area (Å²) in [6, 6.07) is 18.6. The van der Waals surface area contributed by atoms with E-state index in [9.17, 15) is 10.1 Å². The molecule has 0 aliphatic carbocycles. The lowest BCUT2D eigenvalue weighted by atomic mass is 10.0. The molecule has 2 N–H and O–H groups in total. The molecule has 1 amide bonds. The summed E-state index contributed by atoms with van der Waals surface area (Å²) in [5.41, 5.74) is 11.1. The van der Waals surface area contributed by atoms with Crippen LogP contribution in [0.5, 0.6) is 0 Å². The topological polar surface area (TPSA) is 71.8 Å². The molecule has 0 saturated carbocycles. The SMILES string of the molecule is Cc1cc(C=C(C#N)c2ccc(Cl)cc2)c(C)n1-c1ccc(C(N)=O)cc1. The molecule has 3 rings (SSSR count). The standard InChI is InChI=1S/C22H18ClN3O/c1-14-11-18(12-19(13-24)16-3-7-20(23)8-4-16)15(2)26(14)21-9-5-17(6-10-21)22(25)27/h3-12H,1-2H3,(H2,25,27). The van der Waals surface area contributed by atoms with E-state index in [1.807, 2.05) is 50.3 Å². The second-order valence-corrected chi connectivity index (χ2v) is 6.69. The van der Waals surface area contributed by atoms with Gasteiger partial charge in [-0.25, -0.2) is 0 Å². The van der Waals surface area contributed by atoms with Crippen LogP contribution in [0.2, 0.25) is 5.02 Å². The number of carbonyl (C=O) groups is 1. The maximum Gasteiger partial charge on any atom is 0.248 e. The molecule has 1 heterocycles. The average molecular weight is 376 g/mol. The number of benzene rings is 2. The predicted molar refractivity (Wildman–Crippen MR) is 109 cm³/mol. The van der Waals surface area contributed by atoms with E-state index in [1.165, 1.54) is 0 Å². The van der Waals surface area contributed by atoms with E-state index in [0.717, 1.165) is 28.2 Å². The number of amides is 1. The molecule has 2 aromatic carbocycles. The summed E-state index contributed by atoms with van der Waals surface area (Å²) in [6.07, 6.45) is 1.87. The van der Waals surface area contributed by atoms with E-state index in [-0.39, 0.29) is 0 Å². The van der Waals surface area contributed by atoms with Crippen LogP contribution >= 0.6 is 11.6 Å². The summed E-state index contributed by atoms with van der Waals surface area (Å²) >= 11 is 5.93. The van der Waals surface area contributed by atoms with Crippen molar-refractivity contribution in [1.29, 1.82) is 5.26 Å². The van der Waals surface area contributed by atoms with E-state index in [4.69, 9.17) is 17.3 Å². The Morgan fingerprint density at radius 3 is 2.22 bits per heavy atom. The molecule has 1 aromatic heterocycles. The lowest BCUT2D eigenvalue weighted by molar-refractivity contribution is 0.100. The van der Waals surface area contributed by atoms with Crippen LogP contribution < -0.4 is 5.73 Å². The number of aryl methyl sites for hydroxylation is 1. The summed E-state index contributed by atoms with van der Waals surface area (Å²) < 4.78 is 2.08. The number of primary amides is 1. The van der Waals surface area contributed by atoms with E-state index in [2.05, 4.69) is 10.6 Å². The minimum atomic E-state index is -0.451. The van der Waals surface area contributed by atoms with Gasteiger partial charge in [0.1, 0.15) is 0 Å². The van der Waals surface area contributed by atoms with Crippen LogP contribution in [0.4, 0.5) is 0 Å². The largest absolute Gasteiger partial charge is 0.366 e. The molecule has 0 bridgehead atoms. The molecule has 0 fully saturated rings. The highest BCUT2D eigenvalue weighted by molar-refractivity contribution is 6.30. The van der Waals surface area contributed by atoms with Crippen molar-refractivity contribution in [2.24, 2.45) is 5.73 Å². The summed E-state index contributed by atoms with van der Waals surface area (Å²) in [6.45, 7) is 4.00. The highest BCUT2D eigenvalue weighted by Crippen LogP contribution is 2.26. The first kappa shape index (κ1) is 18.5. The number of rotatable bonds is 4. The third-order valence-electron chi connectivity index (χ3n) is 4.46. The fourth-order valence-corrected chi connectivity index (χ4v) is 3.20. The number of halogens is 1. The van der Waals surface area contributed by atoms with Gasteiger partial charge in [-0.2, -0.15) is 5.26 Å². The molecule has 27 heavy (non-hydrogen) atoms. The van der Waals surface area contributed by atoms with Crippen molar-refractivity contribution in [3.8, 4) is 11.8 Å². The van der Waals surface area contributed by atoms with Gasteiger partial charge in [0.2, 0.25) is 5.91 Å². The number of allylic oxidation sites excluding steroid dienone is 1. The van der Waals surface area contributed by atoms with Crippen LogP contribution in [0.25, 0.3) is 17.3 Å². The molecule has 4 nitrogen and oxygen atoms in total. The first-order valence-electron chi connectivity index (χ1n) is 8.37. The van der Waals surface area contributed by atoms with Crippen molar-refractivity contribution in [3.63, 3.8) is 0 Å². The van der Waals surface area contributed by atoms with Crippen LogP contribution in [0.3, 0.4) is 0 Å². The molecule has 0 aliphatic heterocycles. The van der Waals surface area contributed by atoms with Crippen molar-refractivity contribution in [3.05, 3.63) is 87.7 Å². The third-order valence-corrected chi connectivity index (χ3v) is 4.71. The van der Waals surface area contributed by atoms with Gasteiger partial charge >= 0.3 is 0 Å². The highest BCUT2D eigenvalue weighted by atomic mass is 35.5. The first-order chi connectivity index (χ1) is 12.9. The monoisotopic (exact) mass is 375 g/mol. The van der Waals surface area contributed by atoms with Crippen LogP contribution in [-0.4, -0.2) is 10.5 Å². The average Bonchev–Trinajstić information content (AvgIpc) is 2.94. The second-order valence-electron chi connectivity index (χ2n) is 6.25. The Morgan fingerprint density at radius 2 is 1.67 bits per heavy atom. The van der Waals surface area contributed by atoms with Gasteiger partial charge in [-0.15, -0.1) is 0 Å². The molecule has 0 radical (unpaired) electrons. The normalized spacial score (nSPS) is 11.3. The fourth-order valence-electron chi connectivity index (χ4n) is 3.07. The summed E-state index contributed by atoms with van der Waals surface area (Å²) in [5.74, 6) is -0.451. The van der Waals surface area contributed by atoms with Gasteiger partial charge in [-0.3, -0.25) is 4.79 Å². The Hall–Kier alpha value is -3.29. The van der Waals surface area contributed by atoms with Gasteiger partial charge in [-0.05, 0) is 73.5 Å². The molecule has 0 saturated heterocycles. The molecule has 0 spiro atoms. The minimum Gasteiger partial charge on any atom is -0.366 e. The van der Waals surface area contributed by atoms with Gasteiger partial charge in [0.25, 0.3) is 0 Å². The zero-order valence-electron chi connectivity index (χ0n) is 15.0. The summed E-state index contributed by atoms with van der Waals surface area (Å²) in [5, 5.41) is 10.2. The van der Waals surface area contributed by atoms with E-state index >= 15 is 0 Å². The van der Waals surface area contributed by atoms with Gasteiger partial charge in [0.15, 0.2) is 0 Å². The van der Waals surface area contributed by atoms with Crippen molar-refractivity contribution < 1.29 is 4.79 Å². The Kier molecular flexibility index (Phi) is 5.16. The number of aromatic nitrogens is 1. The molecule has 0 unspecified atom stereocenters. The van der Waals surface area contributed by atoms with Crippen molar-refractivity contribution in [1.82, 2.24) is 4.57 Å². The minimum absolute atomic E-state index is 0.451. The number of hydrogen-bond acceptors (Lipinski definition) is 2. The Labute approximate surface area is 163 Å². The van der Waals surface area contributed by atoms with Gasteiger partial charge in [-0.1, -0.05) is 23.7 Å². The van der Waals surface area contributed by atoms with Crippen LogP contribution in [0, 0.1) is 25.2 Å². The number of hydrogen-bond donors (Lipinski definition) is 1. The lowest BCUT2D eigenvalue weighted by Gasteiger charge is -2.10. The number of nitriles is 1. The smallest absolute Gasteiger partial charge is 0.248 e. The van der Waals surface area contributed by atoms with Crippen molar-refractivity contribution in [2.75, 3.05) is 0 Å². The fraction of sp³-hybridized carbons (Fsp3) is 0.0909. The first-order valence-corrected chi connectivity index (χ1v) is 8.75. The second kappa shape index (κ2) is 7.53. The molecule has 134 valence electrons. The van der Waals surface area contributed by atoms with Gasteiger partial charge in [0, 0.05) is 27.7 Å².